The second-order valence-corrected chi connectivity index (χ2v) is 7.70. The van der Waals surface area contributed by atoms with Crippen molar-refractivity contribution in [2.45, 2.75) is 44.3 Å². The average molecular weight is 429 g/mol. The molecule has 0 spiro atoms. The molecule has 3 unspecified atom stereocenters. The maximum atomic E-state index is 13.0. The van der Waals surface area contributed by atoms with Crippen LogP contribution in [-0.4, -0.2) is 69.9 Å². The van der Waals surface area contributed by atoms with Crippen LogP contribution in [-0.2, 0) is 25.6 Å². The van der Waals surface area contributed by atoms with Crippen LogP contribution < -0.4 is 16.4 Å². The van der Waals surface area contributed by atoms with Crippen molar-refractivity contribution in [2.24, 2.45) is 5.73 Å². The molecule has 0 saturated carbocycles. The molecule has 10 heteroatoms. The Bertz CT molecular complexity index is 987. The second kappa shape index (κ2) is 9.61. The standard InChI is InChI=1S/C21H27N5O5/c1-12(19(29)24-11-18(27)28)25-20(30)17-7-4-8-26(17)21(31)15(22)9-13-10-23-16-6-3-2-5-14(13)16/h2-3,5-6,10,12,15,17,23H,4,7-9,11,22H2,1H3,(H,24,29)(H,25,30)(H,27,28). The molecule has 1 aromatic heterocycles. The summed E-state index contributed by atoms with van der Waals surface area (Å²) in [4.78, 5) is 52.8. The van der Waals surface area contributed by atoms with Crippen molar-refractivity contribution in [3.8, 4) is 0 Å². The summed E-state index contributed by atoms with van der Waals surface area (Å²) >= 11 is 0. The number of rotatable bonds is 8. The van der Waals surface area contributed by atoms with E-state index in [1.54, 1.807) is 0 Å². The van der Waals surface area contributed by atoms with Gasteiger partial charge in [0.25, 0.3) is 0 Å². The predicted molar refractivity (Wildman–Crippen MR) is 113 cm³/mol. The molecule has 31 heavy (non-hydrogen) atoms. The van der Waals surface area contributed by atoms with E-state index in [-0.39, 0.29) is 5.91 Å². The molecule has 3 rings (SSSR count). The van der Waals surface area contributed by atoms with Gasteiger partial charge in [0.15, 0.2) is 0 Å². The fourth-order valence-electron chi connectivity index (χ4n) is 3.83. The number of fused-ring (bicyclic) bond motifs is 1. The van der Waals surface area contributed by atoms with Crippen LogP contribution >= 0.6 is 0 Å². The van der Waals surface area contributed by atoms with Crippen LogP contribution in [0.5, 0.6) is 0 Å². The third-order valence-electron chi connectivity index (χ3n) is 5.44. The first-order chi connectivity index (χ1) is 14.8. The van der Waals surface area contributed by atoms with E-state index in [4.69, 9.17) is 10.8 Å². The van der Waals surface area contributed by atoms with Crippen molar-refractivity contribution in [3.05, 3.63) is 36.0 Å². The fraction of sp³-hybridized carbons (Fsp3) is 0.429. The van der Waals surface area contributed by atoms with Crippen LogP contribution in [0.4, 0.5) is 0 Å². The molecule has 166 valence electrons. The van der Waals surface area contributed by atoms with E-state index >= 15 is 0 Å². The number of hydrogen-bond acceptors (Lipinski definition) is 5. The fourth-order valence-corrected chi connectivity index (χ4v) is 3.83. The number of aromatic amines is 1. The molecule has 0 radical (unpaired) electrons. The highest BCUT2D eigenvalue weighted by molar-refractivity contribution is 5.94. The Kier molecular flexibility index (Phi) is 6.91. The van der Waals surface area contributed by atoms with Gasteiger partial charge >= 0.3 is 5.97 Å². The minimum absolute atomic E-state index is 0.314. The Labute approximate surface area is 179 Å². The molecular weight excluding hydrogens is 402 g/mol. The lowest BCUT2D eigenvalue weighted by Gasteiger charge is -2.27. The highest BCUT2D eigenvalue weighted by Gasteiger charge is 2.37. The molecular formula is C21H27N5O5. The van der Waals surface area contributed by atoms with Crippen LogP contribution in [0.15, 0.2) is 30.5 Å². The Morgan fingerprint density at radius 1 is 1.29 bits per heavy atom. The molecule has 0 aliphatic carbocycles. The van der Waals surface area contributed by atoms with E-state index in [9.17, 15) is 19.2 Å². The van der Waals surface area contributed by atoms with E-state index in [0.717, 1.165) is 16.5 Å². The number of carbonyl (C=O) groups excluding carboxylic acids is 3. The number of amides is 3. The maximum Gasteiger partial charge on any atom is 0.322 e. The van der Waals surface area contributed by atoms with Crippen LogP contribution in [0.2, 0.25) is 0 Å². The number of benzene rings is 1. The molecule has 10 nitrogen and oxygen atoms in total. The third kappa shape index (κ3) is 5.21. The minimum Gasteiger partial charge on any atom is -0.480 e. The Morgan fingerprint density at radius 2 is 2.03 bits per heavy atom. The van der Waals surface area contributed by atoms with Crippen LogP contribution in [0.1, 0.15) is 25.3 Å². The number of carboxylic acids is 1. The molecule has 2 aromatic rings. The van der Waals surface area contributed by atoms with E-state index in [2.05, 4.69) is 15.6 Å². The summed E-state index contributed by atoms with van der Waals surface area (Å²) in [6, 6.07) is 5.30. The highest BCUT2D eigenvalue weighted by atomic mass is 16.4. The number of nitrogens with two attached hydrogens (primary N) is 1. The van der Waals surface area contributed by atoms with Gasteiger partial charge in [-0.15, -0.1) is 0 Å². The van der Waals surface area contributed by atoms with Gasteiger partial charge in [-0.3, -0.25) is 19.2 Å². The van der Waals surface area contributed by atoms with Gasteiger partial charge in [-0.05, 0) is 37.8 Å². The summed E-state index contributed by atoms with van der Waals surface area (Å²) in [5.41, 5.74) is 8.10. The molecule has 1 aliphatic heterocycles. The number of H-pyrrole nitrogens is 1. The van der Waals surface area contributed by atoms with Crippen molar-refractivity contribution in [3.63, 3.8) is 0 Å². The summed E-state index contributed by atoms with van der Waals surface area (Å²) in [5.74, 6) is -2.56. The zero-order valence-corrected chi connectivity index (χ0v) is 17.3. The first-order valence-corrected chi connectivity index (χ1v) is 10.2. The predicted octanol–water partition coefficient (Wildman–Crippen LogP) is -0.266. The van der Waals surface area contributed by atoms with E-state index in [0.29, 0.717) is 25.8 Å². The van der Waals surface area contributed by atoms with E-state index < -0.39 is 42.5 Å². The summed E-state index contributed by atoms with van der Waals surface area (Å²) in [6.45, 7) is 1.34. The maximum absolute atomic E-state index is 13.0. The van der Waals surface area contributed by atoms with Crippen LogP contribution in [0, 0.1) is 0 Å². The van der Waals surface area contributed by atoms with Gasteiger partial charge in [-0.2, -0.15) is 0 Å². The number of para-hydroxylation sites is 1. The van der Waals surface area contributed by atoms with E-state index in [1.807, 2.05) is 30.5 Å². The van der Waals surface area contributed by atoms with Gasteiger partial charge in [0.05, 0.1) is 6.04 Å². The molecule has 6 N–H and O–H groups in total. The van der Waals surface area contributed by atoms with Gasteiger partial charge in [-0.25, -0.2) is 0 Å². The topological polar surface area (TPSA) is 158 Å². The van der Waals surface area contributed by atoms with Crippen molar-refractivity contribution in [2.75, 3.05) is 13.1 Å². The minimum atomic E-state index is -1.18. The van der Waals surface area contributed by atoms with Crippen molar-refractivity contribution >= 4 is 34.6 Å². The SMILES string of the molecule is CC(NC(=O)C1CCCN1C(=O)C(N)Cc1c[nH]c2ccccc12)C(=O)NCC(=O)O. The van der Waals surface area contributed by atoms with Crippen LogP contribution in [0.3, 0.4) is 0 Å². The molecule has 0 bridgehead atoms. The van der Waals surface area contributed by atoms with Gasteiger partial charge in [-0.1, -0.05) is 18.2 Å². The highest BCUT2D eigenvalue weighted by Crippen LogP contribution is 2.22. The first kappa shape index (κ1) is 22.3. The lowest BCUT2D eigenvalue weighted by atomic mass is 10.0. The number of aliphatic carboxylic acids is 1. The molecule has 3 atom stereocenters. The number of aromatic nitrogens is 1. The number of carboxylic acid groups (broad SMARTS) is 1. The first-order valence-electron chi connectivity index (χ1n) is 10.2. The van der Waals surface area contributed by atoms with Gasteiger partial charge < -0.3 is 31.4 Å². The molecule has 1 fully saturated rings. The van der Waals surface area contributed by atoms with Gasteiger partial charge in [0, 0.05) is 23.6 Å². The summed E-state index contributed by atoms with van der Waals surface area (Å²) in [6.07, 6.45) is 3.30. The third-order valence-corrected chi connectivity index (χ3v) is 5.44. The quantitative estimate of drug-likeness (QED) is 0.389. The number of hydrogen-bond donors (Lipinski definition) is 5. The zero-order valence-electron chi connectivity index (χ0n) is 17.3. The monoisotopic (exact) mass is 429 g/mol. The van der Waals surface area contributed by atoms with Crippen molar-refractivity contribution in [1.82, 2.24) is 20.5 Å². The molecule has 1 aromatic carbocycles. The Hall–Kier alpha value is -3.40. The van der Waals surface area contributed by atoms with Crippen molar-refractivity contribution in [1.29, 1.82) is 0 Å². The molecule has 2 heterocycles. The number of likely N-dealkylation sites (tertiary alicyclic amines) is 1. The number of nitrogens with one attached hydrogen (secondary N) is 3. The zero-order chi connectivity index (χ0) is 22.5. The Balaban J connectivity index is 1.60. The molecule has 3 amide bonds. The smallest absolute Gasteiger partial charge is 0.322 e. The van der Waals surface area contributed by atoms with Gasteiger partial charge in [0.1, 0.15) is 18.6 Å². The Morgan fingerprint density at radius 3 is 2.77 bits per heavy atom. The molecule has 1 saturated heterocycles. The molecule has 1 aliphatic rings. The normalized spacial score (nSPS) is 17.9. The van der Waals surface area contributed by atoms with Crippen molar-refractivity contribution < 1.29 is 24.3 Å². The van der Waals surface area contributed by atoms with Gasteiger partial charge in [0.2, 0.25) is 17.7 Å². The second-order valence-electron chi connectivity index (χ2n) is 7.70. The average Bonchev–Trinajstić information content (AvgIpc) is 3.39. The lowest BCUT2D eigenvalue weighted by Crippen LogP contribution is -2.55. The number of carbonyl (C=O) groups is 4. The van der Waals surface area contributed by atoms with E-state index in [1.165, 1.54) is 11.8 Å². The summed E-state index contributed by atoms with van der Waals surface area (Å²) in [7, 11) is 0. The largest absolute Gasteiger partial charge is 0.480 e. The summed E-state index contributed by atoms with van der Waals surface area (Å²) in [5, 5.41) is 14.4. The lowest BCUT2D eigenvalue weighted by molar-refractivity contribution is -0.141. The van der Waals surface area contributed by atoms with Crippen LogP contribution in [0.25, 0.3) is 10.9 Å². The summed E-state index contributed by atoms with van der Waals surface area (Å²) < 4.78 is 0. The number of nitrogens with zero attached hydrogens (tertiary/aromatic N) is 1.